The molecule has 43 heavy (non-hydrogen) atoms. The Morgan fingerprint density at radius 1 is 0.698 bits per heavy atom. The largest absolute Gasteiger partial charge is 0.524 e. The minimum absolute atomic E-state index is 0. The summed E-state index contributed by atoms with van der Waals surface area (Å²) in [6.07, 6.45) is 4.82. The number of phosphoric acid groups is 2. The van der Waals surface area contributed by atoms with Gasteiger partial charge >= 0.3 is 15.6 Å². The Morgan fingerprint density at radius 2 is 1.02 bits per heavy atom. The zero-order chi connectivity index (χ0) is 28.3. The van der Waals surface area contributed by atoms with Gasteiger partial charge in [-0.3, -0.25) is 29.6 Å². The number of aliphatic imine (C=N–C) groups is 2. The normalized spacial score (nSPS) is 12.5. The van der Waals surface area contributed by atoms with Crippen molar-refractivity contribution in [3.8, 4) is 23.0 Å². The first kappa shape index (κ1) is 43.8. The molecule has 1 radical (unpaired) electrons. The molecule has 2 aromatic carbocycles. The van der Waals surface area contributed by atoms with Crippen molar-refractivity contribution in [3.63, 3.8) is 0 Å². The van der Waals surface area contributed by atoms with Gasteiger partial charge in [0.15, 0.2) is 0 Å². The van der Waals surface area contributed by atoms with Crippen LogP contribution < -0.4 is 20.5 Å². The Bertz CT molecular complexity index is 1150. The molecule has 0 saturated carbocycles. The van der Waals surface area contributed by atoms with Gasteiger partial charge in [0.2, 0.25) is 0 Å². The van der Waals surface area contributed by atoms with E-state index in [0.717, 1.165) is 0 Å². The van der Waals surface area contributed by atoms with Crippen molar-refractivity contribution >= 4 is 28.1 Å². The second-order valence-corrected chi connectivity index (χ2v) is 10.5. The number of phenolic OH excluding ortho intramolecular Hbond substituents is 2. The SMILES string of the molecule is NCCCC(N=Cc1cc(OP(=O)(O)O)ccc1O)C(CCCN)N=Cc1cc(OP(=O)(O)O)ccc1O.[Cu].[Fm].[Fm].[Fm].[Fm]. The molecule has 2 rings (SSSR count). The van der Waals surface area contributed by atoms with Gasteiger partial charge in [0.05, 0.1) is 12.1 Å². The van der Waals surface area contributed by atoms with Gasteiger partial charge in [0.1, 0.15) is 23.0 Å². The summed E-state index contributed by atoms with van der Waals surface area (Å²) in [5, 5.41) is 20.4. The Balaban J connectivity index is -0.00000152. The molecule has 2 atom stereocenters. The number of phenols is 2. The molecule has 0 saturated heterocycles. The van der Waals surface area contributed by atoms with Crippen LogP contribution in [0.5, 0.6) is 23.0 Å². The third-order valence-electron chi connectivity index (χ3n) is 5.11. The van der Waals surface area contributed by atoms with Gasteiger partial charge in [-0.2, -0.15) is 0 Å². The fourth-order valence-corrected chi connectivity index (χ4v) is 4.18. The van der Waals surface area contributed by atoms with Crippen molar-refractivity contribution in [2.75, 3.05) is 13.1 Å². The van der Waals surface area contributed by atoms with Crippen LogP contribution in [0.1, 0.15) is 36.8 Å². The van der Waals surface area contributed by atoms with Crippen LogP contribution in [-0.2, 0) is 26.2 Å². The van der Waals surface area contributed by atoms with Gasteiger partial charge in [-0.1, -0.05) is 0 Å². The quantitative estimate of drug-likeness (QED) is 0.0723. The third-order valence-corrected chi connectivity index (χ3v) is 6.01. The van der Waals surface area contributed by atoms with Gasteiger partial charge in [0, 0.05) is 40.6 Å². The molecule has 0 spiro atoms. The molecule has 0 heterocycles. The summed E-state index contributed by atoms with van der Waals surface area (Å²) in [6.45, 7) is 0.748. The number of nitrogens with two attached hydrogens (primary N) is 2. The molecule has 0 aliphatic heterocycles. The van der Waals surface area contributed by atoms with E-state index in [1.54, 1.807) is 0 Å². The first-order chi connectivity index (χ1) is 17.8. The van der Waals surface area contributed by atoms with Crippen molar-refractivity contribution in [1.29, 1.82) is 0 Å². The van der Waals surface area contributed by atoms with Crippen molar-refractivity contribution in [1.82, 2.24) is 0 Å². The molecule has 0 amide bonds. The van der Waals surface area contributed by atoms with Crippen LogP contribution in [0.2, 0.25) is 0 Å². The van der Waals surface area contributed by atoms with Gasteiger partial charge in [0.25, 0.3) is 0 Å². The summed E-state index contributed by atoms with van der Waals surface area (Å²) in [5.41, 5.74) is 11.7. The van der Waals surface area contributed by atoms with Crippen LogP contribution >= 0.6 is 15.6 Å². The summed E-state index contributed by atoms with van der Waals surface area (Å²) in [7, 11) is -9.61. The zero-order valence-electron chi connectivity index (χ0n) is 21.7. The standard InChI is InChI=1S/C22H32N4O10P2.Cu.4Fm/c23-9-1-3-19(25-13-15-11-17(5-7-21(15)27)35-37(29,30)31)20(4-2-10-24)26-14-16-12-18(6-8-22(16)28)36-38(32,33)34;;;;;/h5-8,11-14,19-20,27-28H,1-4,9-10,23-24H2,(H2,29,30,31)(H2,32,33,34);;;;;. The van der Waals surface area contributed by atoms with Crippen molar-refractivity contribution in [2.45, 2.75) is 37.8 Å². The molecule has 21 heteroatoms. The summed E-state index contributed by atoms with van der Waals surface area (Å²) in [6, 6.07) is 6.32. The predicted octanol–water partition coefficient (Wildman–Crippen LogP) is 1.79. The molecule has 14 nitrogen and oxygen atoms in total. The number of phosphoric ester groups is 2. The van der Waals surface area contributed by atoms with E-state index < -0.39 is 27.7 Å². The number of nitrogens with zero attached hydrogens (tertiary/aromatic N) is 2. The van der Waals surface area contributed by atoms with E-state index in [-0.39, 0.29) is 51.2 Å². The fourth-order valence-electron chi connectivity index (χ4n) is 3.40. The van der Waals surface area contributed by atoms with Crippen molar-refractivity contribution in [2.24, 2.45) is 21.5 Å². The van der Waals surface area contributed by atoms with Crippen molar-refractivity contribution < 1.29 is 65.0 Å². The van der Waals surface area contributed by atoms with Crippen LogP contribution in [0.25, 0.3) is 0 Å². The molecular weight excluding hydrogens is 1630 g/mol. The van der Waals surface area contributed by atoms with E-state index in [1.807, 2.05) is 0 Å². The minimum Gasteiger partial charge on any atom is -0.507 e. The summed E-state index contributed by atoms with van der Waals surface area (Å²) in [5.74, 6) is -0.722. The molecule has 10 N–H and O–H groups in total. The third kappa shape index (κ3) is 15.2. The predicted molar refractivity (Wildman–Crippen MR) is 141 cm³/mol. The average Bonchev–Trinajstić information content (AvgIpc) is 2.81. The number of hydrogen-bond donors (Lipinski definition) is 8. The second-order valence-electron chi connectivity index (χ2n) is 8.16. The zero-order valence-corrected chi connectivity index (χ0v) is 34.1. The van der Waals surface area contributed by atoms with Gasteiger partial charge in [-0.15, -0.1) is 0 Å². The van der Waals surface area contributed by atoms with Crippen LogP contribution in [-0.4, -0.2) is 67.4 Å². The Labute approximate surface area is 235 Å². The summed E-state index contributed by atoms with van der Waals surface area (Å²) in [4.78, 5) is 45.2. The smallest absolute Gasteiger partial charge is 0.507 e. The molecule has 2 unspecified atom stereocenters. The van der Waals surface area contributed by atoms with Crippen molar-refractivity contribution in [3.05, 3.63) is 47.5 Å². The molecule has 0 aliphatic carbocycles. The van der Waals surface area contributed by atoms with E-state index in [1.165, 1.54) is 48.8 Å². The first-order valence-electron chi connectivity index (χ1n) is 11.4. The van der Waals surface area contributed by atoms with E-state index in [4.69, 9.17) is 31.0 Å². The van der Waals surface area contributed by atoms with E-state index in [9.17, 15) is 19.3 Å². The van der Waals surface area contributed by atoms with E-state index >= 15 is 0 Å². The Morgan fingerprint density at radius 3 is 1.30 bits per heavy atom. The molecule has 0 fully saturated rings. The maximum atomic E-state index is 11.1. The topological polar surface area (TPSA) is 251 Å². The summed E-state index contributed by atoms with van der Waals surface area (Å²) >= 11 is 0. The number of benzene rings is 2. The number of rotatable bonds is 15. The molecule has 2 aromatic rings. The molecule has 269 valence electrons. The summed E-state index contributed by atoms with van der Waals surface area (Å²) < 4.78 is 31.4. The maximum absolute atomic E-state index is 11.1. The molecule has 0 aromatic heterocycles. The Kier molecular flexibility index (Phi) is 19.2. The Hall–Kier alpha value is -6.28. The van der Waals surface area contributed by atoms with E-state index in [2.05, 4.69) is 19.0 Å². The maximum Gasteiger partial charge on any atom is 0.524 e. The van der Waals surface area contributed by atoms with E-state index in [0.29, 0.717) is 38.8 Å². The van der Waals surface area contributed by atoms with Gasteiger partial charge in [-0.25, -0.2) is 9.13 Å². The first-order valence-corrected chi connectivity index (χ1v) is 14.5. The molecular formula is C22H32CuFm4N4O10P2. The fraction of sp³-hybridized carbons (Fsp3) is 0.364. The number of aromatic hydroxyl groups is 2. The van der Waals surface area contributed by atoms with Crippen LogP contribution in [0.3, 0.4) is 0 Å². The number of hydrogen-bond acceptors (Lipinski definition) is 10. The van der Waals surface area contributed by atoms with Gasteiger partial charge < -0.3 is 30.7 Å². The molecule has 0 aliphatic rings. The van der Waals surface area contributed by atoms with Crippen LogP contribution in [0, 0.1) is 0 Å². The minimum atomic E-state index is -4.81. The average molecular weight is 1670 g/mol. The van der Waals surface area contributed by atoms with Gasteiger partial charge in [-0.05, 0) is 75.2 Å². The van der Waals surface area contributed by atoms with Crippen LogP contribution in [0.15, 0.2) is 46.4 Å². The second kappa shape index (κ2) is 18.9. The monoisotopic (exact) mass is 1670 g/mol. The molecule has 0 bridgehead atoms. The van der Waals surface area contributed by atoms with Crippen LogP contribution in [0.4, 0.5) is 0 Å².